The number of aromatic nitrogens is 2. The molecule has 1 aromatic heterocycles. The minimum atomic E-state index is -0.706. The van der Waals surface area contributed by atoms with Crippen LogP contribution < -0.4 is 10.4 Å². The van der Waals surface area contributed by atoms with Crippen molar-refractivity contribution in [3.63, 3.8) is 0 Å². The molecule has 0 amide bonds. The summed E-state index contributed by atoms with van der Waals surface area (Å²) < 4.78 is 18.4. The molecule has 4 heterocycles. The molecular formula is C23H22N4O4. The average Bonchev–Trinajstić information content (AvgIpc) is 2.83. The smallest absolute Gasteiger partial charge is 0.351 e. The molecule has 0 radical (unpaired) electrons. The van der Waals surface area contributed by atoms with Gasteiger partial charge in [0.05, 0.1) is 31.6 Å². The monoisotopic (exact) mass is 418 g/mol. The molecule has 2 atom stereocenters. The van der Waals surface area contributed by atoms with Gasteiger partial charge in [-0.15, -0.1) is 0 Å². The van der Waals surface area contributed by atoms with Gasteiger partial charge in [0, 0.05) is 37.0 Å². The first kappa shape index (κ1) is 19.7. The summed E-state index contributed by atoms with van der Waals surface area (Å²) in [6.45, 7) is 2.41. The Hall–Kier alpha value is -3.28. The molecule has 1 saturated heterocycles. The van der Waals surface area contributed by atoms with Crippen molar-refractivity contribution in [1.29, 1.82) is 5.26 Å². The lowest BCUT2D eigenvalue weighted by atomic mass is 9.77. The SMILES string of the molecule is N#CC1(c2ccc3c(c2)CCn2c-3cc(OCC3COCCO3)nc2=O)C=CN=CC1. The van der Waals surface area contributed by atoms with E-state index in [2.05, 4.69) is 22.1 Å². The number of hydrogen-bond donors (Lipinski definition) is 0. The van der Waals surface area contributed by atoms with Crippen molar-refractivity contribution in [2.75, 3.05) is 26.4 Å². The molecule has 2 unspecified atom stereocenters. The first-order chi connectivity index (χ1) is 15.2. The molecule has 0 N–H and O–H groups in total. The number of rotatable bonds is 4. The fourth-order valence-electron chi connectivity index (χ4n) is 4.23. The lowest BCUT2D eigenvalue weighted by Crippen LogP contribution is -2.34. The van der Waals surface area contributed by atoms with Crippen molar-refractivity contribution in [1.82, 2.24) is 9.55 Å². The van der Waals surface area contributed by atoms with E-state index >= 15 is 0 Å². The Morgan fingerprint density at radius 2 is 2.26 bits per heavy atom. The highest BCUT2D eigenvalue weighted by atomic mass is 16.6. The van der Waals surface area contributed by atoms with Gasteiger partial charge in [-0.3, -0.25) is 9.56 Å². The largest absolute Gasteiger partial charge is 0.475 e. The molecule has 0 saturated carbocycles. The fraction of sp³-hybridized carbons (Fsp3) is 0.391. The molecule has 8 heteroatoms. The highest BCUT2D eigenvalue weighted by molar-refractivity contribution is 5.70. The van der Waals surface area contributed by atoms with Crippen LogP contribution in [0, 0.1) is 11.3 Å². The summed E-state index contributed by atoms with van der Waals surface area (Å²) in [7, 11) is 0. The highest BCUT2D eigenvalue weighted by Crippen LogP contribution is 2.36. The van der Waals surface area contributed by atoms with Crippen LogP contribution in [-0.2, 0) is 27.9 Å². The minimum Gasteiger partial charge on any atom is -0.475 e. The lowest BCUT2D eigenvalue weighted by molar-refractivity contribution is -0.102. The molecule has 0 aliphatic carbocycles. The number of ether oxygens (including phenoxy) is 3. The van der Waals surface area contributed by atoms with E-state index in [-0.39, 0.29) is 24.3 Å². The predicted octanol–water partition coefficient (Wildman–Crippen LogP) is 2.01. The number of fused-ring (bicyclic) bond motifs is 3. The second kappa shape index (κ2) is 8.10. The van der Waals surface area contributed by atoms with E-state index in [1.807, 2.05) is 18.2 Å². The van der Waals surface area contributed by atoms with E-state index in [1.54, 1.807) is 23.0 Å². The van der Waals surface area contributed by atoms with E-state index in [9.17, 15) is 10.1 Å². The molecule has 5 rings (SSSR count). The predicted molar refractivity (Wildman–Crippen MR) is 113 cm³/mol. The Balaban J connectivity index is 1.46. The molecule has 8 nitrogen and oxygen atoms in total. The van der Waals surface area contributed by atoms with Gasteiger partial charge in [-0.1, -0.05) is 18.2 Å². The van der Waals surface area contributed by atoms with Gasteiger partial charge in [-0.25, -0.2) is 4.79 Å². The van der Waals surface area contributed by atoms with Gasteiger partial charge in [-0.05, 0) is 23.6 Å². The van der Waals surface area contributed by atoms with E-state index in [0.717, 1.165) is 22.4 Å². The standard InChI is InChI=1S/C23H22N4O4/c24-15-23(4-6-25-7-5-23)17-1-2-19-16(11-17)3-8-27-20(19)12-21(26-22(27)28)31-14-18-13-29-9-10-30-18/h1-2,4,6-7,11-12,18H,3,5,8-10,13-14H2. The Morgan fingerprint density at radius 1 is 1.32 bits per heavy atom. The van der Waals surface area contributed by atoms with E-state index in [0.29, 0.717) is 39.2 Å². The van der Waals surface area contributed by atoms with E-state index in [1.165, 1.54) is 0 Å². The Morgan fingerprint density at radius 3 is 3.03 bits per heavy atom. The van der Waals surface area contributed by atoms with Crippen LogP contribution in [0.3, 0.4) is 0 Å². The maximum absolute atomic E-state index is 12.6. The van der Waals surface area contributed by atoms with E-state index < -0.39 is 5.41 Å². The number of benzene rings is 1. The second-order valence-corrected chi connectivity index (χ2v) is 7.85. The third-order valence-electron chi connectivity index (χ3n) is 5.95. The normalized spacial score (nSPS) is 24.2. The van der Waals surface area contributed by atoms with Gasteiger partial charge in [0.1, 0.15) is 18.1 Å². The highest BCUT2D eigenvalue weighted by Gasteiger charge is 2.31. The zero-order valence-corrected chi connectivity index (χ0v) is 17.0. The Kier molecular flexibility index (Phi) is 5.14. The summed E-state index contributed by atoms with van der Waals surface area (Å²) in [5.74, 6) is 0.280. The number of aliphatic imine (C=N–C) groups is 1. The van der Waals surface area contributed by atoms with Crippen LogP contribution in [0.4, 0.5) is 0 Å². The number of aryl methyl sites for hydroxylation is 1. The third-order valence-corrected chi connectivity index (χ3v) is 5.95. The van der Waals surface area contributed by atoms with Gasteiger partial charge < -0.3 is 14.2 Å². The van der Waals surface area contributed by atoms with Crippen LogP contribution >= 0.6 is 0 Å². The quantitative estimate of drug-likeness (QED) is 0.753. The summed E-state index contributed by atoms with van der Waals surface area (Å²) in [6, 6.07) is 10.3. The van der Waals surface area contributed by atoms with Gasteiger partial charge in [0.2, 0.25) is 5.88 Å². The van der Waals surface area contributed by atoms with Crippen molar-refractivity contribution in [2.24, 2.45) is 4.99 Å². The van der Waals surface area contributed by atoms with E-state index in [4.69, 9.17) is 14.2 Å². The number of nitriles is 1. The first-order valence-corrected chi connectivity index (χ1v) is 10.4. The van der Waals surface area contributed by atoms with Crippen LogP contribution in [0.5, 0.6) is 5.88 Å². The first-order valence-electron chi connectivity index (χ1n) is 10.4. The molecule has 1 fully saturated rings. The van der Waals surface area contributed by atoms with Crippen LogP contribution in [0.2, 0.25) is 0 Å². The van der Waals surface area contributed by atoms with Crippen molar-refractivity contribution in [3.05, 3.63) is 58.2 Å². The van der Waals surface area contributed by atoms with Gasteiger partial charge >= 0.3 is 5.69 Å². The average molecular weight is 418 g/mol. The summed E-state index contributed by atoms with van der Waals surface area (Å²) in [5, 5.41) is 9.84. The third kappa shape index (κ3) is 3.67. The summed E-state index contributed by atoms with van der Waals surface area (Å²) in [6.07, 6.45) is 6.38. The summed E-state index contributed by atoms with van der Waals surface area (Å²) in [4.78, 5) is 20.8. The number of nitrogens with zero attached hydrogens (tertiary/aromatic N) is 4. The fourth-order valence-corrected chi connectivity index (χ4v) is 4.23. The molecule has 2 aromatic rings. The van der Waals surface area contributed by atoms with Gasteiger partial charge in [-0.2, -0.15) is 10.2 Å². The zero-order chi connectivity index (χ0) is 21.3. The molecular weight excluding hydrogens is 396 g/mol. The summed E-state index contributed by atoms with van der Waals surface area (Å²) >= 11 is 0. The Labute approximate surface area is 179 Å². The maximum Gasteiger partial charge on any atom is 0.351 e. The topological polar surface area (TPSA) is 98.7 Å². The molecule has 3 aliphatic heterocycles. The van der Waals surface area contributed by atoms with Crippen molar-refractivity contribution in [2.45, 2.75) is 30.9 Å². The van der Waals surface area contributed by atoms with Crippen molar-refractivity contribution >= 4 is 6.21 Å². The molecule has 0 spiro atoms. The van der Waals surface area contributed by atoms with Crippen molar-refractivity contribution in [3.8, 4) is 23.2 Å². The number of hydrogen-bond acceptors (Lipinski definition) is 7. The Bertz CT molecular complexity index is 1160. The van der Waals surface area contributed by atoms with Crippen LogP contribution in [0.1, 0.15) is 17.5 Å². The molecule has 158 valence electrons. The molecule has 0 bridgehead atoms. The van der Waals surface area contributed by atoms with Crippen LogP contribution in [0.25, 0.3) is 11.3 Å². The van der Waals surface area contributed by atoms with Gasteiger partial charge in [0.25, 0.3) is 0 Å². The second-order valence-electron chi connectivity index (χ2n) is 7.85. The number of allylic oxidation sites excluding steroid dienone is 1. The van der Waals surface area contributed by atoms with Gasteiger partial charge in [0.15, 0.2) is 0 Å². The van der Waals surface area contributed by atoms with Crippen LogP contribution in [0.15, 0.2) is 46.3 Å². The maximum atomic E-state index is 12.6. The van der Waals surface area contributed by atoms with Crippen molar-refractivity contribution < 1.29 is 14.2 Å². The lowest BCUT2D eigenvalue weighted by Gasteiger charge is -2.27. The molecule has 1 aromatic carbocycles. The molecule has 31 heavy (non-hydrogen) atoms. The summed E-state index contributed by atoms with van der Waals surface area (Å²) in [5.41, 5.74) is 2.73. The minimum absolute atomic E-state index is 0.168. The zero-order valence-electron chi connectivity index (χ0n) is 17.0. The molecule has 3 aliphatic rings. The van der Waals surface area contributed by atoms with Crippen LogP contribution in [-0.4, -0.2) is 48.3 Å².